The van der Waals surface area contributed by atoms with Gasteiger partial charge in [0.1, 0.15) is 5.75 Å². The van der Waals surface area contributed by atoms with Crippen LogP contribution < -0.4 is 10.1 Å². The van der Waals surface area contributed by atoms with Crippen molar-refractivity contribution in [2.45, 2.75) is 19.8 Å². The second-order valence-corrected chi connectivity index (χ2v) is 9.31. The van der Waals surface area contributed by atoms with E-state index in [1.165, 1.54) is 0 Å². The molecule has 0 unspecified atom stereocenters. The predicted octanol–water partition coefficient (Wildman–Crippen LogP) is 3.33. The van der Waals surface area contributed by atoms with Gasteiger partial charge in [0.05, 0.1) is 12.9 Å². The molecule has 7 heteroatoms. The maximum Gasteiger partial charge on any atom is 0.220 e. The number of fused-ring (bicyclic) bond motifs is 1. The van der Waals surface area contributed by atoms with E-state index < -0.39 is 9.84 Å². The number of hydrogen-bond acceptors (Lipinski definition) is 4. The molecule has 0 aliphatic heterocycles. The summed E-state index contributed by atoms with van der Waals surface area (Å²) in [6, 6.07) is 15.8. The summed E-state index contributed by atoms with van der Waals surface area (Å²) >= 11 is 0. The lowest BCUT2D eigenvalue weighted by atomic mass is 10.0. The quantitative estimate of drug-likeness (QED) is 0.562. The van der Waals surface area contributed by atoms with Gasteiger partial charge >= 0.3 is 0 Å². The predicted molar refractivity (Wildman–Crippen MR) is 116 cm³/mol. The van der Waals surface area contributed by atoms with Crippen molar-refractivity contribution < 1.29 is 17.9 Å². The molecule has 3 aromatic rings. The van der Waals surface area contributed by atoms with Crippen molar-refractivity contribution in [2.24, 2.45) is 0 Å². The smallest absolute Gasteiger partial charge is 0.220 e. The number of rotatable bonds is 9. The Hall–Kier alpha value is -2.80. The zero-order valence-electron chi connectivity index (χ0n) is 16.7. The summed E-state index contributed by atoms with van der Waals surface area (Å²) in [4.78, 5) is 15.7. The van der Waals surface area contributed by atoms with Crippen LogP contribution in [0.4, 0.5) is 0 Å². The van der Waals surface area contributed by atoms with Gasteiger partial charge in [0, 0.05) is 35.3 Å². The van der Waals surface area contributed by atoms with Gasteiger partial charge in [0.15, 0.2) is 9.84 Å². The van der Waals surface area contributed by atoms with Gasteiger partial charge in [0.25, 0.3) is 0 Å². The number of aromatic amines is 1. The largest absolute Gasteiger partial charge is 0.497 e. The number of para-hydroxylation sites is 1. The number of carbonyl (C=O) groups excluding carboxylic acids is 1. The van der Waals surface area contributed by atoms with Crippen LogP contribution in [0.25, 0.3) is 22.2 Å². The Balaban J connectivity index is 1.76. The highest BCUT2D eigenvalue weighted by Crippen LogP contribution is 2.32. The van der Waals surface area contributed by atoms with Crippen molar-refractivity contribution in [1.29, 1.82) is 0 Å². The molecule has 0 aliphatic rings. The highest BCUT2D eigenvalue weighted by molar-refractivity contribution is 7.91. The van der Waals surface area contributed by atoms with Crippen molar-refractivity contribution in [3.05, 3.63) is 54.1 Å². The molecule has 154 valence electrons. The van der Waals surface area contributed by atoms with Gasteiger partial charge in [-0.1, -0.05) is 25.1 Å². The molecule has 0 atom stereocenters. The van der Waals surface area contributed by atoms with Crippen molar-refractivity contribution >= 4 is 26.6 Å². The Morgan fingerprint density at radius 2 is 1.83 bits per heavy atom. The molecule has 1 aromatic heterocycles. The number of carbonyl (C=O) groups is 1. The average Bonchev–Trinajstić information content (AvgIpc) is 3.11. The van der Waals surface area contributed by atoms with E-state index in [1.807, 2.05) is 48.5 Å². The van der Waals surface area contributed by atoms with Crippen LogP contribution >= 0.6 is 0 Å². The summed E-state index contributed by atoms with van der Waals surface area (Å²) in [5.74, 6) is 0.693. The number of methoxy groups -OCH3 is 1. The summed E-state index contributed by atoms with van der Waals surface area (Å²) in [7, 11) is -1.45. The molecule has 0 spiro atoms. The van der Waals surface area contributed by atoms with Crippen LogP contribution in [0.1, 0.15) is 18.9 Å². The van der Waals surface area contributed by atoms with Gasteiger partial charge in [-0.15, -0.1) is 0 Å². The first-order valence-electron chi connectivity index (χ1n) is 9.64. The molecule has 2 N–H and O–H groups in total. The fourth-order valence-corrected chi connectivity index (χ4v) is 3.98. The fraction of sp³-hybridized carbons (Fsp3) is 0.318. The molecule has 0 radical (unpaired) electrons. The van der Waals surface area contributed by atoms with Crippen LogP contribution in [-0.4, -0.2) is 44.5 Å². The molecule has 1 heterocycles. The molecule has 1 amide bonds. The Labute approximate surface area is 171 Å². The first kappa shape index (κ1) is 20.9. The molecule has 0 bridgehead atoms. The Morgan fingerprint density at radius 1 is 1.10 bits per heavy atom. The standard InChI is InChI=1S/C22H26N2O4S/c1-3-29(26,27)15-14-23-21(25)13-12-19-18-6-4-5-7-20(18)24-22(19)16-8-10-17(28-2)11-9-16/h4-11,24H,3,12-15H2,1-2H3,(H,23,25). The molecule has 0 saturated heterocycles. The minimum Gasteiger partial charge on any atom is -0.497 e. The number of hydrogen-bond donors (Lipinski definition) is 2. The summed E-state index contributed by atoms with van der Waals surface area (Å²) in [5.41, 5.74) is 4.09. The second-order valence-electron chi connectivity index (χ2n) is 6.84. The molecule has 29 heavy (non-hydrogen) atoms. The van der Waals surface area contributed by atoms with Crippen LogP contribution in [-0.2, 0) is 21.1 Å². The Bertz CT molecular complexity index is 1090. The van der Waals surface area contributed by atoms with Crippen LogP contribution in [0, 0.1) is 0 Å². The zero-order valence-corrected chi connectivity index (χ0v) is 17.5. The summed E-state index contributed by atoms with van der Waals surface area (Å²) < 4.78 is 28.3. The number of nitrogens with one attached hydrogen (secondary N) is 2. The monoisotopic (exact) mass is 414 g/mol. The summed E-state index contributed by atoms with van der Waals surface area (Å²) in [6.45, 7) is 1.75. The minimum atomic E-state index is -3.08. The lowest BCUT2D eigenvalue weighted by molar-refractivity contribution is -0.120. The Morgan fingerprint density at radius 3 is 2.52 bits per heavy atom. The van der Waals surface area contributed by atoms with Gasteiger partial charge in [-0.25, -0.2) is 8.42 Å². The number of aromatic nitrogens is 1. The van der Waals surface area contributed by atoms with Crippen LogP contribution in [0.15, 0.2) is 48.5 Å². The number of aryl methyl sites for hydroxylation is 1. The lowest BCUT2D eigenvalue weighted by Crippen LogP contribution is -2.29. The third-order valence-electron chi connectivity index (χ3n) is 4.97. The lowest BCUT2D eigenvalue weighted by Gasteiger charge is -2.08. The van der Waals surface area contributed by atoms with Gasteiger partial charge < -0.3 is 15.0 Å². The molecule has 0 fully saturated rings. The second kappa shape index (κ2) is 9.13. The normalized spacial score (nSPS) is 11.5. The first-order valence-corrected chi connectivity index (χ1v) is 11.5. The van der Waals surface area contributed by atoms with E-state index in [9.17, 15) is 13.2 Å². The molecule has 0 aliphatic carbocycles. The SMILES string of the molecule is CCS(=O)(=O)CCNC(=O)CCc1c(-c2ccc(OC)cc2)[nH]c2ccccc12. The zero-order chi connectivity index (χ0) is 20.9. The van der Waals surface area contributed by atoms with Gasteiger partial charge in [-0.2, -0.15) is 0 Å². The summed E-state index contributed by atoms with van der Waals surface area (Å²) in [6.07, 6.45) is 0.842. The van der Waals surface area contributed by atoms with Gasteiger partial charge in [-0.05, 0) is 47.9 Å². The van der Waals surface area contributed by atoms with Crippen molar-refractivity contribution in [3.63, 3.8) is 0 Å². The van der Waals surface area contributed by atoms with E-state index in [2.05, 4.69) is 10.3 Å². The average molecular weight is 415 g/mol. The van der Waals surface area contributed by atoms with Gasteiger partial charge in [0.2, 0.25) is 5.91 Å². The van der Waals surface area contributed by atoms with Crippen LogP contribution in [0.2, 0.25) is 0 Å². The number of sulfone groups is 1. The molecule has 6 nitrogen and oxygen atoms in total. The highest BCUT2D eigenvalue weighted by Gasteiger charge is 2.15. The first-order chi connectivity index (χ1) is 13.9. The van der Waals surface area contributed by atoms with E-state index >= 15 is 0 Å². The molecule has 0 saturated carbocycles. The summed E-state index contributed by atoms with van der Waals surface area (Å²) in [5, 5.41) is 3.80. The van der Waals surface area contributed by atoms with Crippen LogP contribution in [0.3, 0.4) is 0 Å². The fourth-order valence-electron chi connectivity index (χ4n) is 3.28. The highest BCUT2D eigenvalue weighted by atomic mass is 32.2. The van der Waals surface area contributed by atoms with Gasteiger partial charge in [-0.3, -0.25) is 4.79 Å². The molecule has 2 aromatic carbocycles. The third-order valence-corrected chi connectivity index (χ3v) is 6.68. The van der Waals surface area contributed by atoms with Crippen molar-refractivity contribution in [1.82, 2.24) is 10.3 Å². The van der Waals surface area contributed by atoms with E-state index in [-0.39, 0.29) is 30.4 Å². The molecule has 3 rings (SSSR count). The maximum absolute atomic E-state index is 12.2. The van der Waals surface area contributed by atoms with E-state index in [4.69, 9.17) is 4.74 Å². The number of amides is 1. The molecular formula is C22H26N2O4S. The number of benzene rings is 2. The van der Waals surface area contributed by atoms with Crippen molar-refractivity contribution in [3.8, 4) is 17.0 Å². The third kappa shape index (κ3) is 5.17. The van der Waals surface area contributed by atoms with Crippen LogP contribution in [0.5, 0.6) is 5.75 Å². The number of H-pyrrole nitrogens is 1. The van der Waals surface area contributed by atoms with E-state index in [0.717, 1.165) is 33.5 Å². The van der Waals surface area contributed by atoms with Crippen molar-refractivity contribution in [2.75, 3.05) is 25.2 Å². The topological polar surface area (TPSA) is 88.3 Å². The van der Waals surface area contributed by atoms with E-state index in [1.54, 1.807) is 14.0 Å². The molecular weight excluding hydrogens is 388 g/mol. The minimum absolute atomic E-state index is 0.0283. The van der Waals surface area contributed by atoms with E-state index in [0.29, 0.717) is 6.42 Å². The maximum atomic E-state index is 12.2. The Kier molecular flexibility index (Phi) is 6.59. The number of ether oxygens (including phenoxy) is 1.